The molecule has 0 aliphatic rings. The van der Waals surface area contributed by atoms with Crippen LogP contribution in [0.2, 0.25) is 0 Å². The van der Waals surface area contributed by atoms with E-state index in [1.54, 1.807) is 0 Å². The fourth-order valence-electron chi connectivity index (χ4n) is 0.740. The molecule has 9 heavy (non-hydrogen) atoms. The Hall–Kier alpha value is -1.04. The van der Waals surface area contributed by atoms with Gasteiger partial charge in [0.2, 0.25) is 0 Å². The zero-order chi connectivity index (χ0) is 6.53. The summed E-state index contributed by atoms with van der Waals surface area (Å²) < 4.78 is 0. The fourth-order valence-corrected chi connectivity index (χ4v) is 0.740. The van der Waals surface area contributed by atoms with Crippen molar-refractivity contribution >= 4 is 0 Å². The van der Waals surface area contributed by atoms with Gasteiger partial charge in [-0.1, -0.05) is 36.9 Å². The molecule has 0 aromatic heterocycles. The summed E-state index contributed by atoms with van der Waals surface area (Å²) in [5.41, 5.74) is 1.27. The molecule has 0 spiro atoms. The minimum absolute atomic E-state index is 0.848. The maximum Gasteiger partial charge on any atom is -0.00290 e. The van der Waals surface area contributed by atoms with E-state index in [1.165, 1.54) is 5.56 Å². The van der Waals surface area contributed by atoms with Gasteiger partial charge in [0.05, 0.1) is 0 Å². The molecule has 1 rings (SSSR count). The topological polar surface area (TPSA) is 0 Å². The summed E-state index contributed by atoms with van der Waals surface area (Å²) >= 11 is 0. The van der Waals surface area contributed by atoms with Crippen LogP contribution in [0.25, 0.3) is 0 Å². The molecule has 0 amide bonds. The zero-order valence-corrected chi connectivity index (χ0v) is 5.30. The first-order valence-electron chi connectivity index (χ1n) is 2.97. The molecule has 0 fully saturated rings. The van der Waals surface area contributed by atoms with Crippen molar-refractivity contribution in [2.24, 2.45) is 0 Å². The molecule has 0 saturated heterocycles. The zero-order valence-electron chi connectivity index (χ0n) is 5.30. The van der Waals surface area contributed by atoms with E-state index in [1.807, 2.05) is 18.2 Å². The molecule has 0 saturated carbocycles. The molecule has 0 heterocycles. The first-order chi connectivity index (χ1) is 4.43. The SMILES string of the molecule is C=[C]Cc1ccccc1. The second-order valence-electron chi connectivity index (χ2n) is 1.91. The molecule has 0 heteroatoms. The molecule has 0 aliphatic heterocycles. The summed E-state index contributed by atoms with van der Waals surface area (Å²) in [4.78, 5) is 0. The standard InChI is InChI=1S/C9H9/c1-2-6-9-7-4-3-5-8-9/h3-5,7-8H,1,6H2. The Morgan fingerprint density at radius 1 is 1.22 bits per heavy atom. The summed E-state index contributed by atoms with van der Waals surface area (Å²) in [5.74, 6) is 0. The van der Waals surface area contributed by atoms with Gasteiger partial charge in [0.1, 0.15) is 0 Å². The molecule has 1 aromatic rings. The Balaban J connectivity index is 2.72. The second-order valence-corrected chi connectivity index (χ2v) is 1.91. The number of rotatable bonds is 2. The molecular weight excluding hydrogens is 108 g/mol. The maximum atomic E-state index is 3.53. The predicted molar refractivity (Wildman–Crippen MR) is 39.0 cm³/mol. The van der Waals surface area contributed by atoms with Crippen LogP contribution < -0.4 is 0 Å². The van der Waals surface area contributed by atoms with E-state index in [0.717, 1.165) is 6.42 Å². The van der Waals surface area contributed by atoms with E-state index in [4.69, 9.17) is 0 Å². The molecule has 0 aliphatic carbocycles. The van der Waals surface area contributed by atoms with E-state index in [0.29, 0.717) is 0 Å². The molecular formula is C9H9. The van der Waals surface area contributed by atoms with Crippen molar-refractivity contribution in [3.8, 4) is 0 Å². The van der Waals surface area contributed by atoms with Crippen LogP contribution in [-0.4, -0.2) is 0 Å². The minimum Gasteiger partial charge on any atom is -0.0952 e. The average Bonchev–Trinajstić information content (AvgIpc) is 1.91. The highest BCUT2D eigenvalue weighted by Gasteiger charge is 1.82. The molecule has 1 aromatic carbocycles. The Kier molecular flexibility index (Phi) is 2.08. The Morgan fingerprint density at radius 2 is 1.89 bits per heavy atom. The summed E-state index contributed by atoms with van der Waals surface area (Å²) in [6.45, 7) is 3.53. The summed E-state index contributed by atoms with van der Waals surface area (Å²) in [6, 6.07) is 10.2. The van der Waals surface area contributed by atoms with E-state index in [2.05, 4.69) is 24.8 Å². The number of hydrogen-bond donors (Lipinski definition) is 0. The molecule has 0 unspecified atom stereocenters. The van der Waals surface area contributed by atoms with Gasteiger partial charge in [-0.3, -0.25) is 0 Å². The summed E-state index contributed by atoms with van der Waals surface area (Å²) in [7, 11) is 0. The molecule has 1 radical (unpaired) electrons. The van der Waals surface area contributed by atoms with E-state index in [9.17, 15) is 0 Å². The lowest BCUT2D eigenvalue weighted by Crippen LogP contribution is -1.76. The van der Waals surface area contributed by atoms with Crippen LogP contribution in [0, 0.1) is 6.08 Å². The molecule has 45 valence electrons. The summed E-state index contributed by atoms with van der Waals surface area (Å²) in [6.07, 6.45) is 3.68. The van der Waals surface area contributed by atoms with Gasteiger partial charge in [-0.2, -0.15) is 0 Å². The van der Waals surface area contributed by atoms with Crippen molar-refractivity contribution in [1.29, 1.82) is 0 Å². The van der Waals surface area contributed by atoms with Crippen LogP contribution in [0.5, 0.6) is 0 Å². The van der Waals surface area contributed by atoms with Gasteiger partial charge in [0.25, 0.3) is 0 Å². The van der Waals surface area contributed by atoms with Crippen LogP contribution >= 0.6 is 0 Å². The van der Waals surface area contributed by atoms with Crippen LogP contribution in [0.15, 0.2) is 36.9 Å². The summed E-state index contributed by atoms with van der Waals surface area (Å²) in [5, 5.41) is 0. The molecule has 0 N–H and O–H groups in total. The first kappa shape index (κ1) is 6.09. The number of hydrogen-bond acceptors (Lipinski definition) is 0. The number of allylic oxidation sites excluding steroid dienone is 1. The molecule has 0 nitrogen and oxygen atoms in total. The van der Waals surface area contributed by atoms with Crippen LogP contribution in [-0.2, 0) is 6.42 Å². The first-order valence-corrected chi connectivity index (χ1v) is 2.97. The Morgan fingerprint density at radius 3 is 2.44 bits per heavy atom. The van der Waals surface area contributed by atoms with Crippen LogP contribution in [0.3, 0.4) is 0 Å². The third-order valence-electron chi connectivity index (χ3n) is 1.17. The van der Waals surface area contributed by atoms with Crippen molar-refractivity contribution in [1.82, 2.24) is 0 Å². The predicted octanol–water partition coefficient (Wildman–Crippen LogP) is 2.22. The van der Waals surface area contributed by atoms with Gasteiger partial charge in [-0.05, 0) is 18.1 Å². The van der Waals surface area contributed by atoms with Crippen LogP contribution in [0.4, 0.5) is 0 Å². The quantitative estimate of drug-likeness (QED) is 0.557. The van der Waals surface area contributed by atoms with Gasteiger partial charge in [-0.15, -0.1) is 0 Å². The minimum atomic E-state index is 0.848. The highest BCUT2D eigenvalue weighted by molar-refractivity contribution is 5.15. The van der Waals surface area contributed by atoms with Crippen molar-refractivity contribution in [2.45, 2.75) is 6.42 Å². The third-order valence-corrected chi connectivity index (χ3v) is 1.17. The lowest BCUT2D eigenvalue weighted by molar-refractivity contribution is 1.24. The number of benzene rings is 1. The second kappa shape index (κ2) is 3.08. The van der Waals surface area contributed by atoms with Gasteiger partial charge in [-0.25, -0.2) is 0 Å². The normalized spacial score (nSPS) is 8.89. The van der Waals surface area contributed by atoms with Gasteiger partial charge in [0.15, 0.2) is 0 Å². The highest BCUT2D eigenvalue weighted by Crippen LogP contribution is 1.97. The van der Waals surface area contributed by atoms with Crippen LogP contribution in [0.1, 0.15) is 5.56 Å². The largest absolute Gasteiger partial charge is 0.0952 e. The lowest BCUT2D eigenvalue weighted by Gasteiger charge is -1.90. The van der Waals surface area contributed by atoms with Crippen molar-refractivity contribution in [2.75, 3.05) is 0 Å². The van der Waals surface area contributed by atoms with Crippen molar-refractivity contribution in [3.63, 3.8) is 0 Å². The Bertz CT molecular complexity index is 174. The highest BCUT2D eigenvalue weighted by atomic mass is 13.9. The van der Waals surface area contributed by atoms with E-state index < -0.39 is 0 Å². The fraction of sp³-hybridized carbons (Fsp3) is 0.111. The Labute approximate surface area is 55.8 Å². The van der Waals surface area contributed by atoms with Crippen molar-refractivity contribution in [3.05, 3.63) is 48.6 Å². The smallest absolute Gasteiger partial charge is 0.00290 e. The van der Waals surface area contributed by atoms with E-state index >= 15 is 0 Å². The van der Waals surface area contributed by atoms with Gasteiger partial charge < -0.3 is 0 Å². The molecule has 0 atom stereocenters. The monoisotopic (exact) mass is 117 g/mol. The average molecular weight is 117 g/mol. The van der Waals surface area contributed by atoms with Crippen molar-refractivity contribution < 1.29 is 0 Å². The molecule has 0 bridgehead atoms. The van der Waals surface area contributed by atoms with Gasteiger partial charge >= 0.3 is 0 Å². The van der Waals surface area contributed by atoms with Gasteiger partial charge in [0, 0.05) is 0 Å². The lowest BCUT2D eigenvalue weighted by atomic mass is 10.2. The maximum absolute atomic E-state index is 3.53. The third kappa shape index (κ3) is 1.73. The van der Waals surface area contributed by atoms with E-state index in [-0.39, 0.29) is 0 Å².